The highest BCUT2D eigenvalue weighted by molar-refractivity contribution is 9.10. The quantitative estimate of drug-likeness (QED) is 0.311. The zero-order valence-corrected chi connectivity index (χ0v) is 8.32. The molecule has 0 atom stereocenters. The molecule has 0 radical (unpaired) electrons. The summed E-state index contributed by atoms with van der Waals surface area (Å²) in [5, 5.41) is 3.31. The lowest BCUT2D eigenvalue weighted by atomic mass is 10.2. The van der Waals surface area contributed by atoms with Crippen LogP contribution in [0.4, 0.5) is 0 Å². The third kappa shape index (κ3) is 3.20. The SMILES string of the molecule is [N-]=[N+]=NCC#Cc1ccccc1Br. The molecule has 0 spiro atoms. The van der Waals surface area contributed by atoms with Crippen molar-refractivity contribution in [3.63, 3.8) is 0 Å². The summed E-state index contributed by atoms with van der Waals surface area (Å²) in [5.41, 5.74) is 8.90. The molecular formula is C9H6BrN3. The highest BCUT2D eigenvalue weighted by Gasteiger charge is 1.90. The third-order valence-corrected chi connectivity index (χ3v) is 2.00. The Labute approximate surface area is 84.5 Å². The van der Waals surface area contributed by atoms with E-state index in [0.29, 0.717) is 0 Å². The topological polar surface area (TPSA) is 48.8 Å². The van der Waals surface area contributed by atoms with E-state index in [-0.39, 0.29) is 6.54 Å². The molecule has 4 heteroatoms. The summed E-state index contributed by atoms with van der Waals surface area (Å²) >= 11 is 3.36. The van der Waals surface area contributed by atoms with Crippen molar-refractivity contribution in [1.82, 2.24) is 0 Å². The smallest absolute Gasteiger partial charge is 0.0880 e. The lowest BCUT2D eigenvalue weighted by Crippen LogP contribution is -1.76. The van der Waals surface area contributed by atoms with E-state index in [2.05, 4.69) is 37.8 Å². The average Bonchev–Trinajstić information content (AvgIpc) is 2.15. The highest BCUT2D eigenvalue weighted by Crippen LogP contribution is 2.13. The first-order valence-corrected chi connectivity index (χ1v) is 4.38. The molecule has 0 amide bonds. The standard InChI is InChI=1S/C9H6BrN3/c10-9-6-2-1-4-8(9)5-3-7-12-13-11/h1-2,4,6H,7H2. The molecule has 0 aliphatic rings. The summed E-state index contributed by atoms with van der Waals surface area (Å²) in [6.07, 6.45) is 0. The summed E-state index contributed by atoms with van der Waals surface area (Å²) in [6, 6.07) is 7.63. The van der Waals surface area contributed by atoms with Crippen LogP contribution in [0.25, 0.3) is 10.4 Å². The third-order valence-electron chi connectivity index (χ3n) is 1.31. The van der Waals surface area contributed by atoms with Crippen LogP contribution >= 0.6 is 15.9 Å². The Morgan fingerprint density at radius 3 is 2.92 bits per heavy atom. The van der Waals surface area contributed by atoms with E-state index in [4.69, 9.17) is 5.53 Å². The van der Waals surface area contributed by atoms with Crippen LogP contribution in [-0.2, 0) is 0 Å². The zero-order valence-electron chi connectivity index (χ0n) is 6.74. The molecule has 0 fully saturated rings. The number of azide groups is 1. The maximum absolute atomic E-state index is 8.00. The summed E-state index contributed by atoms with van der Waals surface area (Å²) in [5.74, 6) is 5.63. The average molecular weight is 236 g/mol. The predicted octanol–water partition coefficient (Wildman–Crippen LogP) is 3.11. The Morgan fingerprint density at radius 1 is 1.46 bits per heavy atom. The predicted molar refractivity (Wildman–Crippen MR) is 55.0 cm³/mol. The number of halogens is 1. The van der Waals surface area contributed by atoms with E-state index in [1.165, 1.54) is 0 Å². The van der Waals surface area contributed by atoms with Gasteiger partial charge in [0, 0.05) is 14.9 Å². The second-order valence-electron chi connectivity index (χ2n) is 2.17. The van der Waals surface area contributed by atoms with E-state index in [1.54, 1.807) is 0 Å². The maximum Gasteiger partial charge on any atom is 0.0880 e. The van der Waals surface area contributed by atoms with Crippen molar-refractivity contribution in [2.75, 3.05) is 6.54 Å². The van der Waals surface area contributed by atoms with Gasteiger partial charge in [0.2, 0.25) is 0 Å². The first kappa shape index (κ1) is 9.66. The van der Waals surface area contributed by atoms with Gasteiger partial charge in [-0.05, 0) is 33.6 Å². The van der Waals surface area contributed by atoms with Gasteiger partial charge in [0.25, 0.3) is 0 Å². The van der Waals surface area contributed by atoms with Crippen molar-refractivity contribution in [3.05, 3.63) is 44.7 Å². The van der Waals surface area contributed by atoms with Crippen molar-refractivity contribution in [2.24, 2.45) is 5.11 Å². The van der Waals surface area contributed by atoms with E-state index in [9.17, 15) is 0 Å². The molecule has 0 aromatic heterocycles. The van der Waals surface area contributed by atoms with Gasteiger partial charge >= 0.3 is 0 Å². The van der Waals surface area contributed by atoms with Crippen molar-refractivity contribution < 1.29 is 0 Å². The summed E-state index contributed by atoms with van der Waals surface area (Å²) in [6.45, 7) is 0.206. The van der Waals surface area contributed by atoms with Gasteiger partial charge in [-0.1, -0.05) is 29.1 Å². The lowest BCUT2D eigenvalue weighted by molar-refractivity contribution is 1.25. The molecule has 0 heterocycles. The highest BCUT2D eigenvalue weighted by atomic mass is 79.9. The number of rotatable bonds is 1. The molecule has 0 saturated carbocycles. The molecule has 0 saturated heterocycles. The molecule has 0 N–H and O–H groups in total. The fraction of sp³-hybridized carbons (Fsp3) is 0.111. The van der Waals surface area contributed by atoms with Crippen molar-refractivity contribution >= 4 is 15.9 Å². The lowest BCUT2D eigenvalue weighted by Gasteiger charge is -1.92. The molecule has 64 valence electrons. The minimum absolute atomic E-state index is 0.206. The first-order valence-electron chi connectivity index (χ1n) is 3.59. The molecule has 3 nitrogen and oxygen atoms in total. The Hall–Kier alpha value is -1.43. The monoisotopic (exact) mass is 235 g/mol. The van der Waals surface area contributed by atoms with Crippen molar-refractivity contribution in [1.29, 1.82) is 0 Å². The van der Waals surface area contributed by atoms with E-state index >= 15 is 0 Å². The molecule has 13 heavy (non-hydrogen) atoms. The van der Waals surface area contributed by atoms with Gasteiger partial charge in [0.15, 0.2) is 0 Å². The van der Waals surface area contributed by atoms with Crippen LogP contribution in [0.2, 0.25) is 0 Å². The summed E-state index contributed by atoms with van der Waals surface area (Å²) < 4.78 is 0.948. The fourth-order valence-corrected chi connectivity index (χ4v) is 1.15. The van der Waals surface area contributed by atoms with Gasteiger partial charge in [-0.15, -0.1) is 0 Å². The molecular weight excluding hydrogens is 230 g/mol. The van der Waals surface area contributed by atoms with Gasteiger partial charge in [0.05, 0.1) is 6.54 Å². The van der Waals surface area contributed by atoms with Gasteiger partial charge in [0.1, 0.15) is 0 Å². The summed E-state index contributed by atoms with van der Waals surface area (Å²) in [7, 11) is 0. The van der Waals surface area contributed by atoms with E-state index in [0.717, 1.165) is 10.0 Å². The Kier molecular flexibility index (Phi) is 3.90. The molecule has 0 aliphatic heterocycles. The van der Waals surface area contributed by atoms with Crippen LogP contribution < -0.4 is 0 Å². The molecule has 0 aliphatic carbocycles. The molecule has 1 aromatic carbocycles. The normalized spacial score (nSPS) is 8.08. The second kappa shape index (κ2) is 5.26. The van der Waals surface area contributed by atoms with Crippen LogP contribution in [0.3, 0.4) is 0 Å². The van der Waals surface area contributed by atoms with Gasteiger partial charge < -0.3 is 0 Å². The van der Waals surface area contributed by atoms with Crippen LogP contribution in [0.15, 0.2) is 33.9 Å². The van der Waals surface area contributed by atoms with Crippen LogP contribution in [-0.4, -0.2) is 6.54 Å². The maximum atomic E-state index is 8.00. The van der Waals surface area contributed by atoms with Crippen LogP contribution in [0.5, 0.6) is 0 Å². The Morgan fingerprint density at radius 2 is 2.23 bits per heavy atom. The van der Waals surface area contributed by atoms with Crippen molar-refractivity contribution in [3.8, 4) is 11.8 Å². The van der Waals surface area contributed by atoms with E-state index < -0.39 is 0 Å². The van der Waals surface area contributed by atoms with Gasteiger partial charge in [-0.3, -0.25) is 0 Å². The van der Waals surface area contributed by atoms with Gasteiger partial charge in [-0.2, -0.15) is 0 Å². The number of benzene rings is 1. The zero-order chi connectivity index (χ0) is 9.52. The molecule has 1 aromatic rings. The molecule has 1 rings (SSSR count). The van der Waals surface area contributed by atoms with Crippen LogP contribution in [0.1, 0.15) is 5.56 Å². The minimum Gasteiger partial charge on any atom is -0.0919 e. The first-order chi connectivity index (χ1) is 6.34. The number of nitrogens with zero attached hydrogens (tertiary/aromatic N) is 3. The van der Waals surface area contributed by atoms with Crippen molar-refractivity contribution in [2.45, 2.75) is 0 Å². The molecule has 0 unspecified atom stereocenters. The number of hydrogen-bond acceptors (Lipinski definition) is 1. The van der Waals surface area contributed by atoms with E-state index in [1.807, 2.05) is 24.3 Å². The Balaban J connectivity index is 2.77. The minimum atomic E-state index is 0.206. The Bertz CT molecular complexity index is 397. The summed E-state index contributed by atoms with van der Waals surface area (Å²) in [4.78, 5) is 2.60. The number of hydrogen-bond donors (Lipinski definition) is 0. The fourth-order valence-electron chi connectivity index (χ4n) is 0.764. The second-order valence-corrected chi connectivity index (χ2v) is 3.02. The molecule has 0 bridgehead atoms. The van der Waals surface area contributed by atoms with Gasteiger partial charge in [-0.25, -0.2) is 0 Å². The van der Waals surface area contributed by atoms with Crippen LogP contribution in [0, 0.1) is 11.8 Å². The largest absolute Gasteiger partial charge is 0.0919 e.